The average Bonchev–Trinajstić information content (AvgIpc) is 3.33. The van der Waals surface area contributed by atoms with Crippen LogP contribution in [-0.2, 0) is 4.74 Å². The molecule has 0 saturated carbocycles. The first-order chi connectivity index (χ1) is 13.4. The summed E-state index contributed by atoms with van der Waals surface area (Å²) in [7, 11) is 0. The number of carbonyl (C=O) groups is 1. The SMILES string of the molecule is Cc1ccc(-c2cc(C(=O)N3CCOC(c4cc(F)c(Cl)cc4Cl)C3)n[nH]2)o1. The van der Waals surface area contributed by atoms with Gasteiger partial charge in [0.2, 0.25) is 0 Å². The van der Waals surface area contributed by atoms with Crippen molar-refractivity contribution in [1.82, 2.24) is 15.1 Å². The van der Waals surface area contributed by atoms with Gasteiger partial charge in [-0.05, 0) is 31.2 Å². The first-order valence-corrected chi connectivity index (χ1v) is 9.35. The van der Waals surface area contributed by atoms with Crippen LogP contribution in [0.5, 0.6) is 0 Å². The molecule has 1 amide bonds. The monoisotopic (exact) mass is 423 g/mol. The molecule has 0 bridgehead atoms. The molecule has 0 radical (unpaired) electrons. The van der Waals surface area contributed by atoms with Gasteiger partial charge in [0.05, 0.1) is 18.2 Å². The number of amides is 1. The van der Waals surface area contributed by atoms with Crippen LogP contribution in [0.1, 0.15) is 27.9 Å². The molecule has 9 heteroatoms. The lowest BCUT2D eigenvalue weighted by atomic mass is 10.1. The highest BCUT2D eigenvalue weighted by Crippen LogP contribution is 2.32. The number of nitrogens with one attached hydrogen (secondary N) is 1. The van der Waals surface area contributed by atoms with Gasteiger partial charge in [0.15, 0.2) is 11.5 Å². The molecule has 3 heterocycles. The summed E-state index contributed by atoms with van der Waals surface area (Å²) in [5, 5.41) is 7.14. The maximum atomic E-state index is 13.9. The Morgan fingerprint density at radius 1 is 1.29 bits per heavy atom. The molecule has 1 aromatic carbocycles. The molecule has 6 nitrogen and oxygen atoms in total. The number of hydrogen-bond acceptors (Lipinski definition) is 4. The van der Waals surface area contributed by atoms with Crippen LogP contribution in [0.3, 0.4) is 0 Å². The molecule has 0 spiro atoms. The highest BCUT2D eigenvalue weighted by atomic mass is 35.5. The van der Waals surface area contributed by atoms with Gasteiger partial charge in [0.1, 0.15) is 23.4 Å². The zero-order chi connectivity index (χ0) is 19.8. The molecule has 1 aliphatic rings. The van der Waals surface area contributed by atoms with Gasteiger partial charge in [-0.2, -0.15) is 5.10 Å². The summed E-state index contributed by atoms with van der Waals surface area (Å²) < 4.78 is 25.1. The number of H-pyrrole nitrogens is 1. The van der Waals surface area contributed by atoms with E-state index in [-0.39, 0.29) is 23.2 Å². The fourth-order valence-electron chi connectivity index (χ4n) is 3.11. The van der Waals surface area contributed by atoms with Crippen molar-refractivity contribution in [1.29, 1.82) is 0 Å². The topological polar surface area (TPSA) is 71.4 Å². The molecular formula is C19H16Cl2FN3O3. The Morgan fingerprint density at radius 2 is 2.11 bits per heavy atom. The number of aryl methyl sites for hydroxylation is 1. The van der Waals surface area contributed by atoms with Crippen molar-refractivity contribution in [3.05, 3.63) is 63.2 Å². The van der Waals surface area contributed by atoms with Gasteiger partial charge in [-0.15, -0.1) is 0 Å². The predicted molar refractivity (Wildman–Crippen MR) is 102 cm³/mol. The van der Waals surface area contributed by atoms with E-state index in [0.717, 1.165) is 5.76 Å². The zero-order valence-corrected chi connectivity index (χ0v) is 16.4. The molecule has 2 aromatic heterocycles. The largest absolute Gasteiger partial charge is 0.460 e. The van der Waals surface area contributed by atoms with E-state index in [1.54, 1.807) is 17.0 Å². The molecule has 28 heavy (non-hydrogen) atoms. The zero-order valence-electron chi connectivity index (χ0n) is 14.8. The van der Waals surface area contributed by atoms with E-state index in [2.05, 4.69) is 10.2 Å². The van der Waals surface area contributed by atoms with Crippen molar-refractivity contribution in [2.24, 2.45) is 0 Å². The summed E-state index contributed by atoms with van der Waals surface area (Å²) >= 11 is 11.9. The van der Waals surface area contributed by atoms with Gasteiger partial charge in [0.25, 0.3) is 5.91 Å². The number of ether oxygens (including phenoxy) is 1. The summed E-state index contributed by atoms with van der Waals surface area (Å²) in [4.78, 5) is 14.5. The normalized spacial score (nSPS) is 17.1. The van der Waals surface area contributed by atoms with Crippen LogP contribution >= 0.6 is 23.2 Å². The summed E-state index contributed by atoms with van der Waals surface area (Å²) in [6, 6.07) is 7.86. The van der Waals surface area contributed by atoms with Crippen molar-refractivity contribution >= 4 is 29.1 Å². The van der Waals surface area contributed by atoms with Gasteiger partial charge >= 0.3 is 0 Å². The van der Waals surface area contributed by atoms with Gasteiger partial charge in [-0.25, -0.2) is 4.39 Å². The minimum atomic E-state index is -0.584. The third-order valence-electron chi connectivity index (χ3n) is 4.54. The van der Waals surface area contributed by atoms with Crippen molar-refractivity contribution < 1.29 is 18.3 Å². The molecule has 1 N–H and O–H groups in total. The Labute approximate surface area is 170 Å². The Morgan fingerprint density at radius 3 is 2.86 bits per heavy atom. The smallest absolute Gasteiger partial charge is 0.274 e. The van der Waals surface area contributed by atoms with Crippen LogP contribution in [0.4, 0.5) is 4.39 Å². The number of halogens is 3. The molecule has 1 unspecified atom stereocenters. The van der Waals surface area contributed by atoms with Crippen molar-refractivity contribution in [2.45, 2.75) is 13.0 Å². The Balaban J connectivity index is 1.53. The maximum absolute atomic E-state index is 13.9. The fraction of sp³-hybridized carbons (Fsp3) is 0.263. The van der Waals surface area contributed by atoms with Crippen LogP contribution < -0.4 is 0 Å². The summed E-state index contributed by atoms with van der Waals surface area (Å²) in [5.41, 5.74) is 1.33. The molecule has 146 valence electrons. The Hall–Kier alpha value is -2.35. The third kappa shape index (κ3) is 3.65. The van der Waals surface area contributed by atoms with Crippen molar-refractivity contribution in [2.75, 3.05) is 19.7 Å². The number of carbonyl (C=O) groups excluding carboxylic acids is 1. The number of nitrogens with zero attached hydrogens (tertiary/aromatic N) is 2. The average molecular weight is 424 g/mol. The fourth-order valence-corrected chi connectivity index (χ4v) is 3.61. The maximum Gasteiger partial charge on any atom is 0.274 e. The molecular weight excluding hydrogens is 408 g/mol. The Kier molecular flexibility index (Phi) is 5.14. The lowest BCUT2D eigenvalue weighted by molar-refractivity contribution is -0.0230. The minimum Gasteiger partial charge on any atom is -0.460 e. The highest BCUT2D eigenvalue weighted by molar-refractivity contribution is 6.35. The quantitative estimate of drug-likeness (QED) is 0.622. The van der Waals surface area contributed by atoms with Gasteiger partial charge < -0.3 is 14.1 Å². The van der Waals surface area contributed by atoms with Crippen LogP contribution in [0.15, 0.2) is 34.7 Å². The third-order valence-corrected chi connectivity index (χ3v) is 5.16. The second kappa shape index (κ2) is 7.58. The summed E-state index contributed by atoms with van der Waals surface area (Å²) in [6.07, 6.45) is -0.553. The highest BCUT2D eigenvalue weighted by Gasteiger charge is 2.29. The lowest BCUT2D eigenvalue weighted by Crippen LogP contribution is -2.42. The van der Waals surface area contributed by atoms with Crippen LogP contribution in [0.2, 0.25) is 10.0 Å². The van der Waals surface area contributed by atoms with E-state index >= 15 is 0 Å². The van der Waals surface area contributed by atoms with Crippen LogP contribution in [0, 0.1) is 12.7 Å². The number of rotatable bonds is 3. The van der Waals surface area contributed by atoms with Gasteiger partial charge in [-0.1, -0.05) is 23.2 Å². The van der Waals surface area contributed by atoms with E-state index in [1.165, 1.54) is 12.1 Å². The molecule has 0 aliphatic carbocycles. The Bertz CT molecular complexity index is 1030. The first kappa shape index (κ1) is 19.0. The van der Waals surface area contributed by atoms with E-state index in [4.69, 9.17) is 32.4 Å². The molecule has 1 atom stereocenters. The van der Waals surface area contributed by atoms with Crippen molar-refractivity contribution in [3.8, 4) is 11.5 Å². The standard InChI is InChI=1S/C19H16Cl2FN3O3/c1-10-2-3-17(28-10)15-8-16(24-23-15)19(26)25-4-5-27-18(9-25)11-6-14(22)13(21)7-12(11)20/h2-3,6-8,18H,4-5,9H2,1H3,(H,23,24). The number of aromatic nitrogens is 2. The number of morpholine rings is 1. The molecule has 3 aromatic rings. The van der Waals surface area contributed by atoms with Gasteiger partial charge in [-0.3, -0.25) is 9.89 Å². The second-order valence-corrected chi connectivity index (χ2v) is 7.29. The predicted octanol–water partition coefficient (Wildman–Crippen LogP) is 4.64. The number of aromatic amines is 1. The van der Waals surface area contributed by atoms with Crippen molar-refractivity contribution in [3.63, 3.8) is 0 Å². The van der Waals surface area contributed by atoms with E-state index < -0.39 is 11.9 Å². The van der Waals surface area contributed by atoms with E-state index in [9.17, 15) is 9.18 Å². The number of furan rings is 1. The molecule has 4 rings (SSSR count). The van der Waals surface area contributed by atoms with Crippen LogP contribution in [0.25, 0.3) is 11.5 Å². The van der Waals surface area contributed by atoms with Crippen LogP contribution in [-0.4, -0.2) is 40.7 Å². The van der Waals surface area contributed by atoms with Gasteiger partial charge in [0, 0.05) is 23.2 Å². The van der Waals surface area contributed by atoms with E-state index in [0.29, 0.717) is 35.2 Å². The number of hydrogen-bond donors (Lipinski definition) is 1. The summed E-state index contributed by atoms with van der Waals surface area (Å²) in [6.45, 7) is 2.75. The molecule has 1 saturated heterocycles. The number of benzene rings is 1. The summed E-state index contributed by atoms with van der Waals surface area (Å²) in [5.74, 6) is 0.524. The second-order valence-electron chi connectivity index (χ2n) is 6.48. The minimum absolute atomic E-state index is 0.0605. The molecule has 1 fully saturated rings. The lowest BCUT2D eigenvalue weighted by Gasteiger charge is -2.33. The first-order valence-electron chi connectivity index (χ1n) is 8.60. The molecule has 1 aliphatic heterocycles. The van der Waals surface area contributed by atoms with E-state index in [1.807, 2.05) is 13.0 Å².